The van der Waals surface area contributed by atoms with Crippen LogP contribution in [-0.4, -0.2) is 15.4 Å². The van der Waals surface area contributed by atoms with Gasteiger partial charge in [-0.3, -0.25) is 0 Å². The van der Waals surface area contributed by atoms with Crippen LogP contribution in [0.1, 0.15) is 19.4 Å². The van der Waals surface area contributed by atoms with Crippen LogP contribution in [0.3, 0.4) is 0 Å². The Balaban J connectivity index is 2.54. The van der Waals surface area contributed by atoms with Crippen LogP contribution in [0.2, 0.25) is 18.6 Å². The molecule has 0 radical (unpaired) electrons. The molecule has 0 saturated heterocycles. The van der Waals surface area contributed by atoms with Gasteiger partial charge in [-0.05, 0) is 36.3 Å². The van der Waals surface area contributed by atoms with Gasteiger partial charge in [0.2, 0.25) is 0 Å². The van der Waals surface area contributed by atoms with E-state index in [0.717, 1.165) is 12.4 Å². The lowest BCUT2D eigenvalue weighted by Crippen LogP contribution is -2.32. The van der Waals surface area contributed by atoms with Crippen LogP contribution in [0, 0.1) is 0 Å². The van der Waals surface area contributed by atoms with Crippen molar-refractivity contribution in [3.63, 3.8) is 0 Å². The van der Waals surface area contributed by atoms with E-state index in [1.807, 2.05) is 12.1 Å². The van der Waals surface area contributed by atoms with E-state index in [0.29, 0.717) is 0 Å². The number of ether oxygens (including phenoxy) is 1. The van der Waals surface area contributed by atoms with Gasteiger partial charge in [-0.2, -0.15) is 0 Å². The van der Waals surface area contributed by atoms with Crippen molar-refractivity contribution in [3.8, 4) is 5.75 Å². The third-order valence-electron chi connectivity index (χ3n) is 3.24. The molecule has 0 aliphatic heterocycles. The van der Waals surface area contributed by atoms with Crippen LogP contribution < -0.4 is 4.74 Å². The highest BCUT2D eigenvalue weighted by molar-refractivity contribution is 6.72. The lowest BCUT2D eigenvalue weighted by Gasteiger charge is -2.24. The summed E-state index contributed by atoms with van der Waals surface area (Å²) in [6, 6.07) is 10.5. The molecular formula is C13H22O2Si. The summed E-state index contributed by atoms with van der Waals surface area (Å²) in [7, 11) is 0.251. The van der Waals surface area contributed by atoms with Crippen molar-refractivity contribution in [1.82, 2.24) is 0 Å². The Morgan fingerprint density at radius 2 is 1.62 bits per heavy atom. The van der Waals surface area contributed by atoms with E-state index in [1.165, 1.54) is 17.7 Å². The highest BCUT2D eigenvalue weighted by Crippen LogP contribution is 2.19. The van der Waals surface area contributed by atoms with Gasteiger partial charge in [-0.1, -0.05) is 26.0 Å². The van der Waals surface area contributed by atoms with Gasteiger partial charge in [0.1, 0.15) is 5.75 Å². The highest BCUT2D eigenvalue weighted by atomic mass is 28.4. The van der Waals surface area contributed by atoms with Gasteiger partial charge in [-0.15, -0.1) is 0 Å². The minimum Gasteiger partial charge on any atom is -0.497 e. The number of benzene rings is 1. The Morgan fingerprint density at radius 1 is 1.06 bits per heavy atom. The van der Waals surface area contributed by atoms with Crippen LogP contribution in [0.25, 0.3) is 0 Å². The van der Waals surface area contributed by atoms with Gasteiger partial charge in [0, 0.05) is 0 Å². The maximum atomic E-state index is 6.09. The van der Waals surface area contributed by atoms with Crippen molar-refractivity contribution in [3.05, 3.63) is 29.8 Å². The average molecular weight is 238 g/mol. The minimum atomic E-state index is -1.43. The number of hydrogen-bond donors (Lipinski definition) is 0. The first-order valence-electron chi connectivity index (χ1n) is 5.90. The van der Waals surface area contributed by atoms with E-state index < -0.39 is 8.32 Å². The lowest BCUT2D eigenvalue weighted by atomic mass is 10.2. The summed E-state index contributed by atoms with van der Waals surface area (Å²) >= 11 is 0. The Bertz CT molecular complexity index is 304. The number of hydrogen-bond acceptors (Lipinski definition) is 2. The van der Waals surface area contributed by atoms with Crippen molar-refractivity contribution in [2.45, 2.75) is 39.1 Å². The zero-order valence-electron chi connectivity index (χ0n) is 10.7. The van der Waals surface area contributed by atoms with Crippen LogP contribution in [0.15, 0.2) is 24.3 Å². The molecule has 0 N–H and O–H groups in total. The molecule has 0 aromatic heterocycles. The van der Waals surface area contributed by atoms with Gasteiger partial charge >= 0.3 is 0 Å². The fourth-order valence-corrected chi connectivity index (χ4v) is 2.86. The van der Waals surface area contributed by atoms with E-state index in [1.54, 1.807) is 7.11 Å². The Hall–Kier alpha value is -0.803. The van der Waals surface area contributed by atoms with Gasteiger partial charge in [0.05, 0.1) is 13.7 Å². The molecule has 1 aromatic rings. The molecular weight excluding hydrogens is 216 g/mol. The van der Waals surface area contributed by atoms with E-state index in [4.69, 9.17) is 9.16 Å². The topological polar surface area (TPSA) is 18.5 Å². The fraction of sp³-hybridized carbons (Fsp3) is 0.538. The molecule has 0 spiro atoms. The third kappa shape index (κ3) is 3.65. The van der Waals surface area contributed by atoms with Crippen molar-refractivity contribution in [1.29, 1.82) is 0 Å². The summed E-state index contributed by atoms with van der Waals surface area (Å²) in [5, 5.41) is 0. The van der Waals surface area contributed by atoms with E-state index in [2.05, 4.69) is 32.5 Å². The molecule has 1 aromatic carbocycles. The maximum Gasteiger partial charge on any atom is 0.189 e. The molecule has 0 aliphatic rings. The first kappa shape index (κ1) is 13.3. The maximum absolute atomic E-state index is 6.09. The summed E-state index contributed by atoms with van der Waals surface area (Å²) in [4.78, 5) is 0. The monoisotopic (exact) mass is 238 g/mol. The van der Waals surface area contributed by atoms with Crippen molar-refractivity contribution < 1.29 is 9.16 Å². The number of rotatable bonds is 6. The zero-order valence-corrected chi connectivity index (χ0v) is 11.7. The minimum absolute atomic E-state index is 0.731. The predicted molar refractivity (Wildman–Crippen MR) is 70.4 cm³/mol. The first-order chi connectivity index (χ1) is 7.63. The quantitative estimate of drug-likeness (QED) is 0.701. The molecule has 0 aliphatic carbocycles. The lowest BCUT2D eigenvalue weighted by molar-refractivity contribution is 0.291. The van der Waals surface area contributed by atoms with Gasteiger partial charge in [0.25, 0.3) is 0 Å². The molecule has 0 saturated carbocycles. The Labute approximate surface area is 99.7 Å². The molecule has 90 valence electrons. The fourth-order valence-electron chi connectivity index (χ4n) is 1.43. The summed E-state index contributed by atoms with van der Waals surface area (Å²) in [5.74, 6) is 0.898. The van der Waals surface area contributed by atoms with Crippen molar-refractivity contribution >= 4 is 8.32 Å². The van der Waals surface area contributed by atoms with Crippen molar-refractivity contribution in [2.24, 2.45) is 0 Å². The molecule has 16 heavy (non-hydrogen) atoms. The molecule has 0 fully saturated rings. The van der Waals surface area contributed by atoms with Gasteiger partial charge < -0.3 is 9.16 Å². The van der Waals surface area contributed by atoms with E-state index >= 15 is 0 Å². The molecule has 0 atom stereocenters. The van der Waals surface area contributed by atoms with Gasteiger partial charge in [0.15, 0.2) is 8.32 Å². The smallest absolute Gasteiger partial charge is 0.189 e. The average Bonchev–Trinajstić information content (AvgIpc) is 2.36. The molecule has 0 heterocycles. The van der Waals surface area contributed by atoms with Crippen LogP contribution >= 0.6 is 0 Å². The Morgan fingerprint density at radius 3 is 2.06 bits per heavy atom. The van der Waals surface area contributed by atoms with E-state index in [-0.39, 0.29) is 0 Å². The SMILES string of the molecule is CC[Si](C)(CC)OCc1ccc(OC)cc1. The second-order valence-corrected chi connectivity index (χ2v) is 8.90. The molecule has 2 nitrogen and oxygen atoms in total. The second-order valence-electron chi connectivity index (χ2n) is 4.29. The summed E-state index contributed by atoms with van der Waals surface area (Å²) < 4.78 is 11.2. The molecule has 0 unspecified atom stereocenters. The Kier molecular flexibility index (Phi) is 5.02. The summed E-state index contributed by atoms with van der Waals surface area (Å²) in [6.07, 6.45) is 0. The summed E-state index contributed by atoms with van der Waals surface area (Å²) in [6.45, 7) is 7.48. The van der Waals surface area contributed by atoms with Crippen molar-refractivity contribution in [2.75, 3.05) is 7.11 Å². The molecule has 1 rings (SSSR count). The summed E-state index contributed by atoms with van der Waals surface area (Å²) in [5.41, 5.74) is 1.22. The first-order valence-corrected chi connectivity index (χ1v) is 8.72. The molecule has 0 bridgehead atoms. The normalized spacial score (nSPS) is 11.5. The number of methoxy groups -OCH3 is 1. The third-order valence-corrected chi connectivity index (χ3v) is 7.07. The molecule has 3 heteroatoms. The van der Waals surface area contributed by atoms with Crippen LogP contribution in [-0.2, 0) is 11.0 Å². The zero-order chi connectivity index (χ0) is 12.0. The largest absolute Gasteiger partial charge is 0.497 e. The molecule has 0 amide bonds. The second kappa shape index (κ2) is 6.06. The standard InChI is InChI=1S/C13H22O2Si/c1-5-16(4,6-2)15-11-12-7-9-13(14-3)10-8-12/h7-10H,5-6,11H2,1-4H3. The van der Waals surface area contributed by atoms with Crippen LogP contribution in [0.4, 0.5) is 0 Å². The highest BCUT2D eigenvalue weighted by Gasteiger charge is 2.23. The van der Waals surface area contributed by atoms with E-state index in [9.17, 15) is 0 Å². The van der Waals surface area contributed by atoms with Gasteiger partial charge in [-0.25, -0.2) is 0 Å². The predicted octanol–water partition coefficient (Wildman–Crippen LogP) is 3.83. The van der Waals surface area contributed by atoms with Crippen LogP contribution in [0.5, 0.6) is 5.75 Å².